The van der Waals surface area contributed by atoms with E-state index in [2.05, 4.69) is 15.4 Å². The molecule has 0 aromatic heterocycles. The van der Waals surface area contributed by atoms with Crippen molar-refractivity contribution >= 4 is 57.8 Å². The number of nitrogens with zero attached hydrogens (tertiary/aromatic N) is 1. The first-order chi connectivity index (χ1) is 18.7. The molecule has 200 valence electrons. The molecule has 0 radical (unpaired) electrons. The Hall–Kier alpha value is -4.37. The lowest BCUT2D eigenvalue weighted by atomic mass is 10.1. The van der Waals surface area contributed by atoms with Gasteiger partial charge in [0.15, 0.2) is 18.1 Å². The van der Waals surface area contributed by atoms with Crippen molar-refractivity contribution < 1.29 is 28.6 Å². The van der Waals surface area contributed by atoms with E-state index in [1.807, 2.05) is 66.8 Å². The van der Waals surface area contributed by atoms with Gasteiger partial charge in [-0.15, -0.1) is 0 Å². The van der Waals surface area contributed by atoms with E-state index in [4.69, 9.17) is 9.47 Å². The number of hydrogen-bond donors (Lipinski definition) is 2. The second-order valence-electron chi connectivity index (χ2n) is 8.11. The molecular formula is C29H26IN3O6. The molecule has 2 amide bonds. The van der Waals surface area contributed by atoms with Crippen molar-refractivity contribution in [2.75, 3.05) is 31.0 Å². The van der Waals surface area contributed by atoms with Crippen LogP contribution in [0, 0.1) is 21.8 Å². The predicted octanol–water partition coefficient (Wildman–Crippen LogP) is 5.35. The van der Waals surface area contributed by atoms with Crippen LogP contribution in [-0.2, 0) is 14.3 Å². The van der Waals surface area contributed by atoms with Gasteiger partial charge in [-0.1, -0.05) is 18.2 Å². The Morgan fingerprint density at radius 3 is 2.38 bits per heavy atom. The van der Waals surface area contributed by atoms with E-state index in [9.17, 15) is 19.6 Å². The number of carbonyl (C=O) groups is 3. The molecule has 0 aliphatic heterocycles. The summed E-state index contributed by atoms with van der Waals surface area (Å²) in [6.07, 6.45) is 1.43. The third-order valence-corrected chi connectivity index (χ3v) is 6.14. The summed E-state index contributed by atoms with van der Waals surface area (Å²) < 4.78 is 16.8. The Labute approximate surface area is 239 Å². The largest absolute Gasteiger partial charge is 0.490 e. The highest BCUT2D eigenvalue weighted by Gasteiger charge is 2.16. The van der Waals surface area contributed by atoms with Crippen molar-refractivity contribution in [3.8, 4) is 17.6 Å². The van der Waals surface area contributed by atoms with E-state index in [1.165, 1.54) is 37.5 Å². The molecule has 0 spiro atoms. The summed E-state index contributed by atoms with van der Waals surface area (Å²) >= 11 is 2.05. The van der Waals surface area contributed by atoms with Crippen molar-refractivity contribution in [2.45, 2.75) is 13.8 Å². The second kappa shape index (κ2) is 14.0. The first kappa shape index (κ1) is 29.2. The lowest BCUT2D eigenvalue weighted by Crippen LogP contribution is -2.21. The maximum atomic E-state index is 12.7. The zero-order valence-electron chi connectivity index (χ0n) is 21.5. The number of para-hydroxylation sites is 1. The van der Waals surface area contributed by atoms with Gasteiger partial charge in [0.25, 0.3) is 11.8 Å². The van der Waals surface area contributed by atoms with Gasteiger partial charge in [0.1, 0.15) is 11.6 Å². The van der Waals surface area contributed by atoms with E-state index in [1.54, 1.807) is 12.1 Å². The number of anilines is 2. The summed E-state index contributed by atoms with van der Waals surface area (Å²) in [5.41, 5.74) is 2.77. The quantitative estimate of drug-likeness (QED) is 0.133. The van der Waals surface area contributed by atoms with Crippen LogP contribution in [0.2, 0.25) is 0 Å². The van der Waals surface area contributed by atoms with Crippen LogP contribution in [0.1, 0.15) is 28.4 Å². The molecule has 10 heteroatoms. The highest BCUT2D eigenvalue weighted by Crippen LogP contribution is 2.35. The number of nitriles is 1. The average molecular weight is 639 g/mol. The van der Waals surface area contributed by atoms with E-state index in [0.717, 1.165) is 5.56 Å². The highest BCUT2D eigenvalue weighted by molar-refractivity contribution is 14.1. The molecule has 3 aromatic rings. The Balaban J connectivity index is 1.76. The molecule has 0 fully saturated rings. The summed E-state index contributed by atoms with van der Waals surface area (Å²) in [7, 11) is 1.28. The first-order valence-corrected chi connectivity index (χ1v) is 12.9. The normalized spacial score (nSPS) is 10.7. The average Bonchev–Trinajstić information content (AvgIpc) is 2.92. The van der Waals surface area contributed by atoms with Crippen LogP contribution in [0.25, 0.3) is 6.08 Å². The number of halogens is 1. The Kier molecular flexibility index (Phi) is 10.5. The van der Waals surface area contributed by atoms with Gasteiger partial charge in [-0.3, -0.25) is 9.59 Å². The third-order valence-electron chi connectivity index (χ3n) is 5.34. The molecule has 9 nitrogen and oxygen atoms in total. The number of methoxy groups -OCH3 is 1. The van der Waals surface area contributed by atoms with Crippen molar-refractivity contribution in [1.29, 1.82) is 5.26 Å². The van der Waals surface area contributed by atoms with Crippen LogP contribution in [-0.4, -0.2) is 38.1 Å². The summed E-state index contributed by atoms with van der Waals surface area (Å²) in [5.74, 6) is -0.692. The van der Waals surface area contributed by atoms with Crippen LogP contribution in [0.5, 0.6) is 11.5 Å². The molecule has 0 saturated carbocycles. The minimum Gasteiger partial charge on any atom is -0.490 e. The summed E-state index contributed by atoms with van der Waals surface area (Å²) in [6.45, 7) is 3.81. The Bertz CT molecular complexity index is 1440. The van der Waals surface area contributed by atoms with Gasteiger partial charge in [-0.25, -0.2) is 4.79 Å². The monoisotopic (exact) mass is 639 g/mol. The molecule has 3 aromatic carbocycles. The number of nitrogens with one attached hydrogen (secondary N) is 2. The molecule has 0 aliphatic carbocycles. The topological polar surface area (TPSA) is 127 Å². The van der Waals surface area contributed by atoms with E-state index in [0.29, 0.717) is 44.2 Å². The number of hydrogen-bond acceptors (Lipinski definition) is 7. The van der Waals surface area contributed by atoms with Crippen LogP contribution in [0.15, 0.2) is 66.2 Å². The summed E-state index contributed by atoms with van der Waals surface area (Å²) in [6, 6.07) is 18.8. The Morgan fingerprint density at radius 1 is 1.03 bits per heavy atom. The molecule has 0 unspecified atom stereocenters. The zero-order chi connectivity index (χ0) is 28.4. The van der Waals surface area contributed by atoms with Gasteiger partial charge in [0, 0.05) is 11.4 Å². The fourth-order valence-electron chi connectivity index (χ4n) is 3.43. The molecule has 0 atom stereocenters. The zero-order valence-corrected chi connectivity index (χ0v) is 23.7. The minimum atomic E-state index is -0.621. The summed E-state index contributed by atoms with van der Waals surface area (Å²) in [4.78, 5) is 36.8. The summed E-state index contributed by atoms with van der Waals surface area (Å²) in [5, 5.41) is 15.1. The number of amides is 2. The number of rotatable bonds is 10. The van der Waals surface area contributed by atoms with Crippen LogP contribution < -0.4 is 20.1 Å². The fraction of sp³-hybridized carbons (Fsp3) is 0.172. The number of aryl methyl sites for hydroxylation is 1. The molecular weight excluding hydrogens is 613 g/mol. The molecule has 0 saturated heterocycles. The minimum absolute atomic E-state index is 0.142. The number of ether oxygens (including phenoxy) is 3. The lowest BCUT2D eigenvalue weighted by molar-refractivity contribution is -0.118. The van der Waals surface area contributed by atoms with E-state index in [-0.39, 0.29) is 18.1 Å². The SMILES string of the molecule is CCOc1cc(/C=C(/C#N)C(=O)Nc2ccc(C(=O)OC)cc2)cc(I)c1OCC(=O)Nc1ccccc1C. The molecule has 0 bridgehead atoms. The standard InChI is InChI=1S/C29H26IN3O6/c1-4-38-25-15-19(13-21(16-31)28(35)32-22-11-9-20(10-12-22)29(36)37-3)14-23(30)27(25)39-17-26(34)33-24-8-6-5-7-18(24)2/h5-15H,4,17H2,1-3H3,(H,32,35)(H,33,34)/b21-13-. The van der Waals surface area contributed by atoms with Gasteiger partial charge in [0.05, 0.1) is 22.9 Å². The molecule has 2 N–H and O–H groups in total. The van der Waals surface area contributed by atoms with Crippen molar-refractivity contribution in [3.63, 3.8) is 0 Å². The van der Waals surface area contributed by atoms with Gasteiger partial charge in [-0.05, 0) is 96.1 Å². The van der Waals surface area contributed by atoms with Gasteiger partial charge >= 0.3 is 5.97 Å². The predicted molar refractivity (Wildman–Crippen MR) is 156 cm³/mol. The van der Waals surface area contributed by atoms with Gasteiger partial charge < -0.3 is 24.8 Å². The Morgan fingerprint density at radius 2 is 1.74 bits per heavy atom. The number of carbonyl (C=O) groups excluding carboxylic acids is 3. The van der Waals surface area contributed by atoms with Crippen molar-refractivity contribution in [2.24, 2.45) is 0 Å². The van der Waals surface area contributed by atoms with Crippen LogP contribution in [0.4, 0.5) is 11.4 Å². The van der Waals surface area contributed by atoms with Gasteiger partial charge in [-0.2, -0.15) is 5.26 Å². The second-order valence-corrected chi connectivity index (χ2v) is 9.27. The smallest absolute Gasteiger partial charge is 0.337 e. The maximum absolute atomic E-state index is 12.7. The molecule has 3 rings (SSSR count). The number of esters is 1. The molecule has 0 heterocycles. The first-order valence-electron chi connectivity index (χ1n) is 11.8. The van der Waals surface area contributed by atoms with Crippen molar-refractivity contribution in [1.82, 2.24) is 0 Å². The number of benzene rings is 3. The van der Waals surface area contributed by atoms with Crippen molar-refractivity contribution in [3.05, 3.63) is 86.5 Å². The fourth-order valence-corrected chi connectivity index (χ4v) is 4.21. The van der Waals surface area contributed by atoms with E-state index >= 15 is 0 Å². The van der Waals surface area contributed by atoms with Gasteiger partial charge in [0.2, 0.25) is 0 Å². The maximum Gasteiger partial charge on any atom is 0.337 e. The lowest BCUT2D eigenvalue weighted by Gasteiger charge is -2.15. The molecule has 39 heavy (non-hydrogen) atoms. The van der Waals surface area contributed by atoms with Crippen LogP contribution >= 0.6 is 22.6 Å². The third kappa shape index (κ3) is 8.05. The molecule has 0 aliphatic rings. The highest BCUT2D eigenvalue weighted by atomic mass is 127. The van der Waals surface area contributed by atoms with E-state index < -0.39 is 11.9 Å². The van der Waals surface area contributed by atoms with Crippen LogP contribution in [0.3, 0.4) is 0 Å².